The standard InChI is InChI=1S/C24H28N2O/c1-17(2)26-23(27)19-9-7-18(8-10-19)22-16-24(11-13-25-14-12-24)15-20-5-3-4-6-21(20)22/h3-10,16-17,25H,11-15H2,1-2H3,(H,26,27). The summed E-state index contributed by atoms with van der Waals surface area (Å²) in [7, 11) is 0. The maximum atomic E-state index is 12.3. The Bertz CT molecular complexity index is 858. The van der Waals surface area contributed by atoms with Gasteiger partial charge in [0.2, 0.25) is 0 Å². The van der Waals surface area contributed by atoms with Crippen LogP contribution < -0.4 is 10.6 Å². The molecule has 2 aliphatic rings. The maximum Gasteiger partial charge on any atom is 0.251 e. The Morgan fingerprint density at radius 1 is 1.04 bits per heavy atom. The van der Waals surface area contributed by atoms with Gasteiger partial charge >= 0.3 is 0 Å². The highest BCUT2D eigenvalue weighted by molar-refractivity contribution is 5.95. The number of amides is 1. The lowest BCUT2D eigenvalue weighted by atomic mass is 9.67. The maximum absolute atomic E-state index is 12.3. The molecule has 1 aliphatic carbocycles. The van der Waals surface area contributed by atoms with E-state index in [1.807, 2.05) is 26.0 Å². The lowest BCUT2D eigenvalue weighted by Crippen LogP contribution is -2.38. The Hall–Kier alpha value is -2.39. The van der Waals surface area contributed by atoms with Crippen molar-refractivity contribution >= 4 is 11.5 Å². The molecule has 2 aromatic rings. The van der Waals surface area contributed by atoms with Crippen LogP contribution in [-0.4, -0.2) is 25.0 Å². The molecule has 0 aromatic heterocycles. The van der Waals surface area contributed by atoms with Gasteiger partial charge in [0.1, 0.15) is 0 Å². The topological polar surface area (TPSA) is 41.1 Å². The summed E-state index contributed by atoms with van der Waals surface area (Å²) in [6.07, 6.45) is 6.00. The van der Waals surface area contributed by atoms with Crippen LogP contribution in [0, 0.1) is 5.41 Å². The second kappa shape index (κ2) is 7.32. The van der Waals surface area contributed by atoms with E-state index in [-0.39, 0.29) is 17.4 Å². The van der Waals surface area contributed by atoms with E-state index >= 15 is 0 Å². The number of nitrogens with one attached hydrogen (secondary N) is 2. The number of rotatable bonds is 3. The smallest absolute Gasteiger partial charge is 0.251 e. The average molecular weight is 361 g/mol. The molecule has 1 amide bonds. The first-order valence-electron chi connectivity index (χ1n) is 9.99. The largest absolute Gasteiger partial charge is 0.350 e. The number of fused-ring (bicyclic) bond motifs is 1. The van der Waals surface area contributed by atoms with E-state index in [9.17, 15) is 4.79 Å². The number of carbonyl (C=O) groups excluding carboxylic acids is 1. The molecule has 1 spiro atoms. The molecule has 0 unspecified atom stereocenters. The molecule has 1 aliphatic heterocycles. The van der Waals surface area contributed by atoms with E-state index in [1.54, 1.807) is 0 Å². The normalized spacial score (nSPS) is 18.1. The summed E-state index contributed by atoms with van der Waals surface area (Å²) in [6, 6.07) is 17.0. The summed E-state index contributed by atoms with van der Waals surface area (Å²) >= 11 is 0. The monoisotopic (exact) mass is 360 g/mol. The van der Waals surface area contributed by atoms with Gasteiger partial charge in [-0.1, -0.05) is 42.5 Å². The van der Waals surface area contributed by atoms with Crippen LogP contribution in [0.3, 0.4) is 0 Å². The molecule has 2 N–H and O–H groups in total. The van der Waals surface area contributed by atoms with E-state index < -0.39 is 0 Å². The Kier molecular flexibility index (Phi) is 4.88. The summed E-state index contributed by atoms with van der Waals surface area (Å²) in [4.78, 5) is 12.3. The van der Waals surface area contributed by atoms with Gasteiger partial charge in [0.05, 0.1) is 0 Å². The molecule has 2 aromatic carbocycles. The van der Waals surface area contributed by atoms with Crippen molar-refractivity contribution in [3.8, 4) is 0 Å². The second-order valence-electron chi connectivity index (χ2n) is 8.21. The van der Waals surface area contributed by atoms with Crippen molar-refractivity contribution in [1.82, 2.24) is 10.6 Å². The first-order chi connectivity index (χ1) is 13.1. The minimum absolute atomic E-state index is 0.00982. The summed E-state index contributed by atoms with van der Waals surface area (Å²) < 4.78 is 0. The fraction of sp³-hybridized carbons (Fsp3) is 0.375. The van der Waals surface area contributed by atoms with Crippen LogP contribution in [-0.2, 0) is 6.42 Å². The molecule has 140 valence electrons. The van der Waals surface area contributed by atoms with Gasteiger partial charge in [-0.2, -0.15) is 0 Å². The lowest BCUT2D eigenvalue weighted by Gasteiger charge is -2.39. The number of hydrogen-bond donors (Lipinski definition) is 2. The lowest BCUT2D eigenvalue weighted by molar-refractivity contribution is 0.0943. The van der Waals surface area contributed by atoms with Gasteiger partial charge in [0.15, 0.2) is 0 Å². The van der Waals surface area contributed by atoms with Crippen molar-refractivity contribution in [3.05, 3.63) is 76.9 Å². The van der Waals surface area contributed by atoms with Crippen LogP contribution in [0.4, 0.5) is 0 Å². The van der Waals surface area contributed by atoms with E-state index in [0.717, 1.165) is 19.5 Å². The molecule has 0 bridgehead atoms. The van der Waals surface area contributed by atoms with Crippen LogP contribution in [0.2, 0.25) is 0 Å². The van der Waals surface area contributed by atoms with E-state index in [1.165, 1.54) is 35.1 Å². The SMILES string of the molecule is CC(C)NC(=O)c1ccc(C2=CC3(CCNCC3)Cc3ccccc32)cc1. The summed E-state index contributed by atoms with van der Waals surface area (Å²) in [5.41, 5.74) is 6.26. The van der Waals surface area contributed by atoms with Crippen LogP contribution in [0.1, 0.15) is 53.7 Å². The third kappa shape index (κ3) is 3.70. The number of benzene rings is 2. The van der Waals surface area contributed by atoms with E-state index in [4.69, 9.17) is 0 Å². The molecule has 27 heavy (non-hydrogen) atoms. The van der Waals surface area contributed by atoms with Crippen molar-refractivity contribution < 1.29 is 4.79 Å². The first-order valence-corrected chi connectivity index (χ1v) is 9.99. The zero-order chi connectivity index (χ0) is 18.9. The minimum Gasteiger partial charge on any atom is -0.350 e. The summed E-state index contributed by atoms with van der Waals surface area (Å²) in [5, 5.41) is 6.46. The van der Waals surface area contributed by atoms with E-state index in [0.29, 0.717) is 5.56 Å². The fourth-order valence-electron chi connectivity index (χ4n) is 4.38. The molecule has 0 saturated carbocycles. The predicted molar refractivity (Wildman–Crippen MR) is 111 cm³/mol. The molecule has 1 heterocycles. The third-order valence-electron chi connectivity index (χ3n) is 5.78. The molecular formula is C24H28N2O. The zero-order valence-corrected chi connectivity index (χ0v) is 16.2. The fourth-order valence-corrected chi connectivity index (χ4v) is 4.38. The number of piperidine rings is 1. The molecule has 3 nitrogen and oxygen atoms in total. The zero-order valence-electron chi connectivity index (χ0n) is 16.2. The quantitative estimate of drug-likeness (QED) is 0.862. The third-order valence-corrected chi connectivity index (χ3v) is 5.78. The highest BCUT2D eigenvalue weighted by atomic mass is 16.1. The number of hydrogen-bond acceptors (Lipinski definition) is 2. The second-order valence-corrected chi connectivity index (χ2v) is 8.21. The summed E-state index contributed by atoms with van der Waals surface area (Å²) in [6.45, 7) is 6.13. The van der Waals surface area contributed by atoms with Gasteiger partial charge in [0, 0.05) is 11.6 Å². The number of allylic oxidation sites excluding steroid dienone is 1. The van der Waals surface area contributed by atoms with Crippen molar-refractivity contribution in [1.29, 1.82) is 0 Å². The molecule has 0 radical (unpaired) electrons. The van der Waals surface area contributed by atoms with Gasteiger partial charge in [-0.3, -0.25) is 4.79 Å². The van der Waals surface area contributed by atoms with Gasteiger partial charge in [-0.15, -0.1) is 0 Å². The molecule has 4 rings (SSSR count). The van der Waals surface area contributed by atoms with Gasteiger partial charge in [0.25, 0.3) is 5.91 Å². The minimum atomic E-state index is -0.00982. The van der Waals surface area contributed by atoms with Crippen molar-refractivity contribution in [2.24, 2.45) is 5.41 Å². The first kappa shape index (κ1) is 18.0. The number of carbonyl (C=O) groups is 1. The van der Waals surface area contributed by atoms with Crippen molar-refractivity contribution in [3.63, 3.8) is 0 Å². The van der Waals surface area contributed by atoms with Gasteiger partial charge < -0.3 is 10.6 Å². The van der Waals surface area contributed by atoms with Crippen LogP contribution >= 0.6 is 0 Å². The summed E-state index contributed by atoms with van der Waals surface area (Å²) in [5.74, 6) is -0.00982. The predicted octanol–water partition coefficient (Wildman–Crippen LogP) is 4.18. The molecule has 3 heteroatoms. The Balaban J connectivity index is 1.70. The van der Waals surface area contributed by atoms with E-state index in [2.05, 4.69) is 53.1 Å². The van der Waals surface area contributed by atoms with Crippen LogP contribution in [0.15, 0.2) is 54.6 Å². The molecular weight excluding hydrogens is 332 g/mol. The van der Waals surface area contributed by atoms with Gasteiger partial charge in [-0.25, -0.2) is 0 Å². The van der Waals surface area contributed by atoms with Crippen LogP contribution in [0.25, 0.3) is 5.57 Å². The van der Waals surface area contributed by atoms with Crippen LogP contribution in [0.5, 0.6) is 0 Å². The van der Waals surface area contributed by atoms with Crippen molar-refractivity contribution in [2.75, 3.05) is 13.1 Å². The average Bonchev–Trinajstić information content (AvgIpc) is 2.67. The Labute approximate surface area is 161 Å². The highest BCUT2D eigenvalue weighted by Gasteiger charge is 2.35. The molecule has 1 fully saturated rings. The van der Waals surface area contributed by atoms with Gasteiger partial charge in [-0.05, 0) is 86.0 Å². The molecule has 1 saturated heterocycles. The van der Waals surface area contributed by atoms with Crippen molar-refractivity contribution in [2.45, 2.75) is 39.2 Å². The highest BCUT2D eigenvalue weighted by Crippen LogP contribution is 2.44. The Morgan fingerprint density at radius 2 is 1.74 bits per heavy atom. The molecule has 0 atom stereocenters. The Morgan fingerprint density at radius 3 is 2.44 bits per heavy atom.